The number of carbonyl (C=O) groups is 6. The van der Waals surface area contributed by atoms with Gasteiger partial charge in [-0.25, -0.2) is 21.6 Å². The Hall–Kier alpha value is -11.4. The van der Waals surface area contributed by atoms with Crippen LogP contribution in [0.2, 0.25) is 35.2 Å². The first-order chi connectivity index (χ1) is 58.3. The lowest BCUT2D eigenvalue weighted by Crippen LogP contribution is -2.37. The number of amides is 6. The molecule has 0 aliphatic carbocycles. The van der Waals surface area contributed by atoms with Crippen molar-refractivity contribution in [2.45, 2.75) is 29.1 Å². The molecule has 0 unspecified atom stereocenters. The number of nitrogens with zero attached hydrogens (tertiary/aromatic N) is 7. The molecule has 4 N–H and O–H groups in total. The maximum Gasteiger partial charge on any atom is 0.414 e. The molecule has 3 aliphatic heterocycles. The molecule has 12 aromatic rings. The lowest BCUT2D eigenvalue weighted by Gasteiger charge is -2.26. The van der Waals surface area contributed by atoms with Crippen LogP contribution in [0.15, 0.2) is 272 Å². The molecule has 618 valence electrons. The highest BCUT2D eigenvalue weighted by Crippen LogP contribution is 2.36. The standard InChI is InChI=1S/C25H25Cl2N3O4S.C22H17Cl2N3O2.C21H16Cl2N2O3S.C21H16ClN3O3/c26-22-8-5-18(16-21(22)24-4-1-2-9-28-24)29-25(31)20-7-6-19(17-23(20)27)35(32,33)15-3-10-30-11-13-34-14-12-30;23-18-9-6-14(12-17(18)20-4-1-2-10-25-20)26-22(29)16-8-7-15(13-19(16)24)27-11-3-5-21(27)28;1-2-11-29(27,28)15-7-8-16(19(23)13-15)21(26)25-14-6-9-18(22)17(12-14)20-5-3-4-10-24-20;22-18-9-6-15(13-17(18)19-3-1-2-10-23-19)24-20(26)14-4-7-16(8-5-14)25-11-12-28-21(25)27/h1-2,4-9,16-17H,3,10-15H2,(H,29,31);1-2,4,6-10,12-13H,3,5,11H2,(H,26,29);2-10,12-13H,1,11H2,(H,25,26);1-10,13H,11-12H2,(H,24,26). The third-order valence-corrected chi connectivity index (χ3v) is 24.6. The Kier molecular flexibility index (Phi) is 30.6. The minimum atomic E-state index is -3.53. The van der Waals surface area contributed by atoms with Crippen molar-refractivity contribution in [3.05, 3.63) is 319 Å². The van der Waals surface area contributed by atoms with Crippen LogP contribution in [0.3, 0.4) is 0 Å². The van der Waals surface area contributed by atoms with Crippen LogP contribution in [0.5, 0.6) is 0 Å². The molecule has 0 atom stereocenters. The van der Waals surface area contributed by atoms with E-state index in [1.807, 2.05) is 60.7 Å². The van der Waals surface area contributed by atoms with Gasteiger partial charge in [-0.3, -0.25) is 53.7 Å². The summed E-state index contributed by atoms with van der Waals surface area (Å²) in [6, 6.07) is 62.6. The Balaban J connectivity index is 0.000000148. The number of sulfone groups is 2. The summed E-state index contributed by atoms with van der Waals surface area (Å²) in [5.41, 5.74) is 10.3. The molecule has 7 heterocycles. The van der Waals surface area contributed by atoms with Crippen LogP contribution in [0.1, 0.15) is 60.7 Å². The van der Waals surface area contributed by atoms with Crippen LogP contribution >= 0.6 is 81.2 Å². The topological polar surface area (TPSA) is 299 Å². The first kappa shape index (κ1) is 88.8. The van der Waals surface area contributed by atoms with E-state index in [9.17, 15) is 45.6 Å². The molecule has 3 saturated heterocycles. The van der Waals surface area contributed by atoms with Crippen molar-refractivity contribution in [2.75, 3.05) is 95.1 Å². The highest BCUT2D eigenvalue weighted by Gasteiger charge is 2.27. The maximum atomic E-state index is 12.9. The third-order valence-electron chi connectivity index (χ3n) is 18.9. The second kappa shape index (κ2) is 41.7. The highest BCUT2D eigenvalue weighted by atomic mass is 35.5. The Morgan fingerprint density at radius 3 is 1.17 bits per heavy atom. The Labute approximate surface area is 733 Å². The van der Waals surface area contributed by atoms with Gasteiger partial charge in [0.25, 0.3) is 23.6 Å². The van der Waals surface area contributed by atoms with E-state index in [2.05, 4.69) is 52.7 Å². The molecule has 8 aromatic carbocycles. The lowest BCUT2D eigenvalue weighted by molar-refractivity contribution is -0.117. The second-order valence-electron chi connectivity index (χ2n) is 27.1. The molecule has 15 rings (SSSR count). The van der Waals surface area contributed by atoms with Crippen LogP contribution in [-0.2, 0) is 33.9 Å². The zero-order chi connectivity index (χ0) is 85.7. The third kappa shape index (κ3) is 23.6. The predicted molar refractivity (Wildman–Crippen MR) is 478 cm³/mol. The van der Waals surface area contributed by atoms with Crippen LogP contribution in [0.25, 0.3) is 45.0 Å². The molecular formula is C89H74Cl7N11O12S2. The second-order valence-corrected chi connectivity index (χ2v) is 34.1. The van der Waals surface area contributed by atoms with Gasteiger partial charge in [0.2, 0.25) is 5.91 Å². The Bertz CT molecular complexity index is 6050. The summed E-state index contributed by atoms with van der Waals surface area (Å²) in [5.74, 6) is -1.67. The van der Waals surface area contributed by atoms with Gasteiger partial charge in [0, 0.05) is 113 Å². The van der Waals surface area contributed by atoms with Crippen LogP contribution in [0.4, 0.5) is 38.9 Å². The predicted octanol–water partition coefficient (Wildman–Crippen LogP) is 20.1. The summed E-state index contributed by atoms with van der Waals surface area (Å²) in [6.07, 6.45) is 9.48. The van der Waals surface area contributed by atoms with E-state index in [4.69, 9.17) is 90.7 Å². The van der Waals surface area contributed by atoms with E-state index < -0.39 is 31.5 Å². The van der Waals surface area contributed by atoms with Gasteiger partial charge in [-0.05, 0) is 220 Å². The zero-order valence-electron chi connectivity index (χ0n) is 64.1. The van der Waals surface area contributed by atoms with Crippen LogP contribution in [-0.4, -0.2) is 141 Å². The summed E-state index contributed by atoms with van der Waals surface area (Å²) >= 11 is 44.0. The monoisotopic (exact) mass is 1800 g/mol. The molecule has 3 aliphatic rings. The highest BCUT2D eigenvalue weighted by molar-refractivity contribution is 7.91. The fourth-order valence-corrected chi connectivity index (χ4v) is 16.9. The quantitative estimate of drug-likeness (QED) is 0.0458. The number of morpholine rings is 1. The number of pyridine rings is 4. The molecular weight excluding hydrogens is 1730 g/mol. The number of aromatic nitrogens is 4. The summed E-state index contributed by atoms with van der Waals surface area (Å²) < 4.78 is 60.0. The first-order valence-electron chi connectivity index (χ1n) is 37.5. The van der Waals surface area contributed by atoms with Crippen molar-refractivity contribution >= 4 is 171 Å². The first-order valence-corrected chi connectivity index (χ1v) is 43.4. The van der Waals surface area contributed by atoms with Gasteiger partial charge in [-0.1, -0.05) is 112 Å². The fourth-order valence-electron chi connectivity index (χ4n) is 12.7. The molecule has 6 amide bonds. The van der Waals surface area contributed by atoms with Gasteiger partial charge >= 0.3 is 6.09 Å². The van der Waals surface area contributed by atoms with Gasteiger partial charge in [0.15, 0.2) is 19.7 Å². The lowest BCUT2D eigenvalue weighted by atomic mass is 10.1. The van der Waals surface area contributed by atoms with Crippen molar-refractivity contribution in [3.63, 3.8) is 0 Å². The number of rotatable bonds is 22. The Morgan fingerprint density at radius 1 is 0.413 bits per heavy atom. The van der Waals surface area contributed by atoms with E-state index in [1.165, 1.54) is 47.4 Å². The van der Waals surface area contributed by atoms with Crippen molar-refractivity contribution in [1.82, 2.24) is 24.8 Å². The molecule has 0 bridgehead atoms. The SMILES string of the molecule is C=CCS(=O)(=O)c1ccc(C(=O)Nc2ccc(Cl)c(-c3ccccn3)c2)c(Cl)c1.O=C(Nc1ccc(Cl)c(-c2ccccn2)c1)c1ccc(N2CCCC2=O)cc1Cl.O=C(Nc1ccc(Cl)c(-c2ccccn2)c1)c1ccc(N2CCOC2=O)cc1.O=C(Nc1ccc(Cl)c(-c2ccccn2)c1)c1ccc(S(=O)(=O)CCCN2CCOCC2)cc1Cl. The molecule has 3 fully saturated rings. The van der Waals surface area contributed by atoms with E-state index >= 15 is 0 Å². The van der Waals surface area contributed by atoms with Crippen LogP contribution in [0, 0.1) is 0 Å². The molecule has 32 heteroatoms. The normalized spacial score (nSPS) is 13.2. The number of ether oxygens (including phenoxy) is 2. The molecule has 0 spiro atoms. The minimum absolute atomic E-state index is 0.00724. The average Bonchev–Trinajstić information content (AvgIpc) is 1.42. The number of nitrogens with one attached hydrogen (secondary N) is 4. The van der Waals surface area contributed by atoms with Crippen molar-refractivity contribution < 1.29 is 55.1 Å². The van der Waals surface area contributed by atoms with Crippen molar-refractivity contribution in [3.8, 4) is 45.0 Å². The number of halogens is 7. The summed E-state index contributed by atoms with van der Waals surface area (Å²) in [7, 11) is -7.05. The Morgan fingerprint density at radius 2 is 0.810 bits per heavy atom. The number of anilines is 6. The van der Waals surface area contributed by atoms with E-state index in [0.29, 0.717) is 151 Å². The summed E-state index contributed by atoms with van der Waals surface area (Å²) in [6.45, 7) is 8.64. The maximum absolute atomic E-state index is 12.9. The smallest absolute Gasteiger partial charge is 0.414 e. The summed E-state index contributed by atoms with van der Waals surface area (Å²) in [5, 5.41) is 13.7. The fraction of sp³-hybridized carbons (Fsp3) is 0.146. The van der Waals surface area contributed by atoms with Crippen molar-refractivity contribution in [1.29, 1.82) is 0 Å². The van der Waals surface area contributed by atoms with Crippen molar-refractivity contribution in [2.24, 2.45) is 0 Å². The van der Waals surface area contributed by atoms with Gasteiger partial charge in [0.1, 0.15) is 6.61 Å². The van der Waals surface area contributed by atoms with E-state index in [0.717, 1.165) is 36.3 Å². The minimum Gasteiger partial charge on any atom is -0.447 e. The van der Waals surface area contributed by atoms with E-state index in [-0.39, 0.29) is 66.3 Å². The number of cyclic esters (lactones) is 1. The molecule has 23 nitrogen and oxygen atoms in total. The number of hydrogen-bond donors (Lipinski definition) is 4. The van der Waals surface area contributed by atoms with Crippen LogP contribution < -0.4 is 31.1 Å². The molecule has 4 aromatic heterocycles. The van der Waals surface area contributed by atoms with Gasteiger partial charge in [-0.2, -0.15) is 0 Å². The number of carbonyl (C=O) groups excluding carboxylic acids is 6. The number of benzene rings is 8. The summed E-state index contributed by atoms with van der Waals surface area (Å²) in [4.78, 5) is 97.1. The van der Waals surface area contributed by atoms with Gasteiger partial charge in [-0.15, -0.1) is 6.58 Å². The van der Waals surface area contributed by atoms with E-state index in [1.54, 1.807) is 157 Å². The molecule has 0 radical (unpaired) electrons. The molecule has 121 heavy (non-hydrogen) atoms. The largest absolute Gasteiger partial charge is 0.447 e. The van der Waals surface area contributed by atoms with Gasteiger partial charge in [0.05, 0.1) is 116 Å². The van der Waals surface area contributed by atoms with Gasteiger partial charge < -0.3 is 35.6 Å². The molecule has 0 saturated carbocycles. The average molecular weight is 1800 g/mol. The number of hydrogen-bond acceptors (Lipinski definition) is 17. The zero-order valence-corrected chi connectivity index (χ0v) is 71.1.